The molecule has 1 aromatic heterocycles. The fourth-order valence-corrected chi connectivity index (χ4v) is 5.75. The van der Waals surface area contributed by atoms with Crippen molar-refractivity contribution in [2.24, 2.45) is 0 Å². The van der Waals surface area contributed by atoms with Crippen molar-refractivity contribution >= 4 is 30.0 Å². The lowest BCUT2D eigenvalue weighted by Gasteiger charge is -2.22. The lowest BCUT2D eigenvalue weighted by Crippen LogP contribution is -2.25. The van der Waals surface area contributed by atoms with Crippen LogP contribution in [0, 0.1) is 6.92 Å². The third-order valence-electron chi connectivity index (χ3n) is 4.74. The third kappa shape index (κ3) is 3.30. The quantitative estimate of drug-likeness (QED) is 0.638. The van der Waals surface area contributed by atoms with Crippen molar-refractivity contribution in [3.63, 3.8) is 0 Å². The molecule has 4 rings (SSSR count). The van der Waals surface area contributed by atoms with Gasteiger partial charge in [-0.25, -0.2) is 0 Å². The second-order valence-corrected chi connectivity index (χ2v) is 8.82. The number of fused-ring (bicyclic) bond motifs is 1. The van der Waals surface area contributed by atoms with Crippen LogP contribution in [0.4, 0.5) is 0 Å². The van der Waals surface area contributed by atoms with E-state index in [0.29, 0.717) is 0 Å². The fraction of sp³-hybridized carbons (Fsp3) is 0.174. The van der Waals surface area contributed by atoms with Crippen molar-refractivity contribution in [2.45, 2.75) is 26.7 Å². The molecule has 0 unspecified atom stereocenters. The largest absolute Gasteiger partial charge is 0.252 e. The van der Waals surface area contributed by atoms with Gasteiger partial charge in [-0.2, -0.15) is 0 Å². The maximum atomic E-state index is 5.15. The van der Waals surface area contributed by atoms with E-state index in [4.69, 9.17) is 4.98 Å². The molecule has 1 heterocycles. The summed E-state index contributed by atoms with van der Waals surface area (Å²) < 4.78 is 0. The summed E-state index contributed by atoms with van der Waals surface area (Å²) in [6.45, 7) is 4.44. The van der Waals surface area contributed by atoms with E-state index in [1.165, 1.54) is 38.4 Å². The van der Waals surface area contributed by atoms with Crippen molar-refractivity contribution in [2.75, 3.05) is 0 Å². The molecular weight excluding hydrogens is 321 g/mol. The summed E-state index contributed by atoms with van der Waals surface area (Å²) in [6, 6.07) is 23.9. The Labute approximate surface area is 151 Å². The molecule has 124 valence electrons. The number of aryl methyl sites for hydroxylation is 2. The molecule has 3 aromatic rings. The van der Waals surface area contributed by atoms with Crippen molar-refractivity contribution in [1.29, 1.82) is 0 Å². The second kappa shape index (κ2) is 6.94. The Bertz CT molecular complexity index is 874. The predicted molar refractivity (Wildman–Crippen MR) is 110 cm³/mol. The first-order valence-electron chi connectivity index (χ1n) is 8.80. The Morgan fingerprint density at radius 3 is 2.00 bits per heavy atom. The van der Waals surface area contributed by atoms with Crippen LogP contribution < -0.4 is 16.0 Å². The Balaban J connectivity index is 1.88. The molecular formula is C23H22NP. The first-order chi connectivity index (χ1) is 12.2. The van der Waals surface area contributed by atoms with Gasteiger partial charge in [-0.1, -0.05) is 72.3 Å². The molecule has 0 N–H and O–H groups in total. The number of benzene rings is 2. The molecule has 0 fully saturated rings. The Hall–Kier alpha value is -2.24. The molecule has 1 aliphatic rings. The molecule has 25 heavy (non-hydrogen) atoms. The summed E-state index contributed by atoms with van der Waals surface area (Å²) in [4.78, 5) is 5.15. The zero-order valence-corrected chi connectivity index (χ0v) is 15.6. The summed E-state index contributed by atoms with van der Waals surface area (Å²) in [5.41, 5.74) is 6.62. The van der Waals surface area contributed by atoms with Crippen LogP contribution >= 0.6 is 7.92 Å². The van der Waals surface area contributed by atoms with Gasteiger partial charge in [0.15, 0.2) is 0 Å². The molecule has 0 spiro atoms. The molecule has 1 aliphatic carbocycles. The SMILES string of the molecule is CC1=Cc2c(C)cc(P(c3ccccc3)c3ccccc3)nc2CC1. The molecule has 0 atom stereocenters. The minimum absolute atomic E-state index is 0.620. The molecule has 0 aliphatic heterocycles. The van der Waals surface area contributed by atoms with E-state index in [9.17, 15) is 0 Å². The van der Waals surface area contributed by atoms with Crippen LogP contribution in [0.5, 0.6) is 0 Å². The van der Waals surface area contributed by atoms with E-state index < -0.39 is 7.92 Å². The highest BCUT2D eigenvalue weighted by molar-refractivity contribution is 7.79. The van der Waals surface area contributed by atoms with E-state index in [2.05, 4.69) is 86.7 Å². The summed E-state index contributed by atoms with van der Waals surface area (Å²) in [6.07, 6.45) is 4.49. The fourth-order valence-electron chi connectivity index (χ4n) is 3.43. The van der Waals surface area contributed by atoms with Gasteiger partial charge in [0.25, 0.3) is 0 Å². The van der Waals surface area contributed by atoms with E-state index in [-0.39, 0.29) is 0 Å². The van der Waals surface area contributed by atoms with E-state index >= 15 is 0 Å². The summed E-state index contributed by atoms with van der Waals surface area (Å²) in [7, 11) is -0.620. The average molecular weight is 343 g/mol. The summed E-state index contributed by atoms with van der Waals surface area (Å²) >= 11 is 0. The zero-order valence-electron chi connectivity index (χ0n) is 14.7. The monoisotopic (exact) mass is 343 g/mol. The van der Waals surface area contributed by atoms with E-state index in [1.54, 1.807) is 0 Å². The maximum absolute atomic E-state index is 5.15. The van der Waals surface area contributed by atoms with Gasteiger partial charge >= 0.3 is 0 Å². The molecule has 1 nitrogen and oxygen atoms in total. The van der Waals surface area contributed by atoms with Gasteiger partial charge in [0.05, 0.1) is 5.44 Å². The number of hydrogen-bond acceptors (Lipinski definition) is 1. The van der Waals surface area contributed by atoms with E-state index in [1.807, 2.05) is 0 Å². The second-order valence-electron chi connectivity index (χ2n) is 6.65. The first kappa shape index (κ1) is 16.2. The summed E-state index contributed by atoms with van der Waals surface area (Å²) in [5, 5.41) is 2.72. The van der Waals surface area contributed by atoms with E-state index in [0.717, 1.165) is 12.8 Å². The normalized spacial score (nSPS) is 13.5. The van der Waals surface area contributed by atoms with Crippen molar-refractivity contribution in [3.8, 4) is 0 Å². The summed E-state index contributed by atoms with van der Waals surface area (Å²) in [5.74, 6) is 0. The van der Waals surface area contributed by atoms with Gasteiger partial charge in [0, 0.05) is 13.6 Å². The van der Waals surface area contributed by atoms with Crippen LogP contribution in [0.25, 0.3) is 6.08 Å². The smallest absolute Gasteiger partial charge is 0.0727 e. The molecule has 2 heteroatoms. The van der Waals surface area contributed by atoms with Gasteiger partial charge in [-0.15, -0.1) is 0 Å². The highest BCUT2D eigenvalue weighted by Crippen LogP contribution is 2.34. The van der Waals surface area contributed by atoms with Gasteiger partial charge in [-0.3, -0.25) is 4.98 Å². The van der Waals surface area contributed by atoms with Crippen molar-refractivity contribution in [3.05, 3.63) is 89.1 Å². The molecule has 2 aromatic carbocycles. The lowest BCUT2D eigenvalue weighted by atomic mass is 9.94. The number of aromatic nitrogens is 1. The first-order valence-corrected chi connectivity index (χ1v) is 10.1. The minimum Gasteiger partial charge on any atom is -0.252 e. The molecule has 0 radical (unpaired) electrons. The van der Waals surface area contributed by atoms with Crippen LogP contribution in [0.2, 0.25) is 0 Å². The molecule has 0 bridgehead atoms. The Kier molecular flexibility index (Phi) is 4.51. The number of nitrogens with zero attached hydrogens (tertiary/aromatic N) is 1. The van der Waals surface area contributed by atoms with Crippen LogP contribution in [0.15, 0.2) is 72.3 Å². The van der Waals surface area contributed by atoms with Gasteiger partial charge in [-0.05, 0) is 54.5 Å². The lowest BCUT2D eigenvalue weighted by molar-refractivity contribution is 0.886. The zero-order chi connectivity index (χ0) is 17.2. The highest BCUT2D eigenvalue weighted by atomic mass is 31.1. The van der Waals surface area contributed by atoms with Gasteiger partial charge in [0.1, 0.15) is 0 Å². The molecule has 0 saturated carbocycles. The molecule has 0 saturated heterocycles. The van der Waals surface area contributed by atoms with Crippen molar-refractivity contribution in [1.82, 2.24) is 4.98 Å². The highest BCUT2D eigenvalue weighted by Gasteiger charge is 2.21. The third-order valence-corrected chi connectivity index (χ3v) is 7.05. The number of hydrogen-bond donors (Lipinski definition) is 0. The van der Waals surface area contributed by atoms with Crippen LogP contribution in [0.1, 0.15) is 30.2 Å². The van der Waals surface area contributed by atoms with Crippen LogP contribution in [0.3, 0.4) is 0 Å². The standard InChI is InChI=1S/C23H22NP/c1-17-13-14-22-21(15-17)18(2)16-23(24-22)25(19-9-5-3-6-10-19)20-11-7-4-8-12-20/h3-12,15-16H,13-14H2,1-2H3. The Morgan fingerprint density at radius 1 is 0.800 bits per heavy atom. The molecule has 0 amide bonds. The van der Waals surface area contributed by atoms with Gasteiger partial charge < -0.3 is 0 Å². The van der Waals surface area contributed by atoms with Crippen LogP contribution in [-0.2, 0) is 6.42 Å². The predicted octanol–water partition coefficient (Wildman–Crippen LogP) is 4.50. The van der Waals surface area contributed by atoms with Crippen molar-refractivity contribution < 1.29 is 0 Å². The topological polar surface area (TPSA) is 12.9 Å². The number of rotatable bonds is 3. The Morgan fingerprint density at radius 2 is 1.40 bits per heavy atom. The minimum atomic E-state index is -0.620. The van der Waals surface area contributed by atoms with Gasteiger partial charge in [0.2, 0.25) is 0 Å². The average Bonchev–Trinajstić information content (AvgIpc) is 2.64. The number of allylic oxidation sites excluding steroid dienone is 1. The van der Waals surface area contributed by atoms with Crippen LogP contribution in [-0.4, -0.2) is 4.98 Å². The maximum Gasteiger partial charge on any atom is 0.0727 e. The number of pyridine rings is 1.